The zero-order valence-electron chi connectivity index (χ0n) is 14.3. The largest absolute Gasteiger partial charge is 0.380 e. The number of benzene rings is 1. The molecule has 1 heterocycles. The Morgan fingerprint density at radius 2 is 1.88 bits per heavy atom. The first-order chi connectivity index (χ1) is 11.1. The predicted molar refractivity (Wildman–Crippen MR) is 105 cm³/mol. The number of carbonyl (C=O) groups is 1. The van der Waals surface area contributed by atoms with Crippen LogP contribution >= 0.6 is 24.8 Å². The summed E-state index contributed by atoms with van der Waals surface area (Å²) in [5, 5.41) is 2.97. The number of aromatic nitrogens is 1. The molecule has 0 spiro atoms. The molecule has 1 amide bonds. The average Bonchev–Trinajstić information content (AvgIpc) is 2.60. The monoisotopic (exact) mass is 385 g/mol. The molecule has 1 aromatic carbocycles. The van der Waals surface area contributed by atoms with Crippen molar-refractivity contribution < 1.29 is 9.53 Å². The second-order valence-corrected chi connectivity index (χ2v) is 5.45. The van der Waals surface area contributed by atoms with Gasteiger partial charge in [0.25, 0.3) is 0 Å². The molecular weight excluding hydrogens is 361 g/mol. The molecule has 3 N–H and O–H groups in total. The highest BCUT2D eigenvalue weighted by Gasteiger charge is 2.14. The van der Waals surface area contributed by atoms with Crippen LogP contribution in [0.3, 0.4) is 0 Å². The third kappa shape index (κ3) is 7.00. The Kier molecular flexibility index (Phi) is 11.0. The number of hydrogen-bond acceptors (Lipinski definition) is 4. The van der Waals surface area contributed by atoms with Crippen molar-refractivity contribution in [2.75, 3.05) is 13.7 Å². The molecule has 7 heteroatoms. The molecule has 0 radical (unpaired) electrons. The lowest BCUT2D eigenvalue weighted by Gasteiger charge is -2.17. The maximum Gasteiger partial charge on any atom is 0.223 e. The summed E-state index contributed by atoms with van der Waals surface area (Å²) in [4.78, 5) is 16.1. The summed E-state index contributed by atoms with van der Waals surface area (Å²) in [6.07, 6.45) is 3.61. The maximum atomic E-state index is 12.0. The number of rotatable bonds is 7. The zero-order chi connectivity index (χ0) is 16.7. The highest BCUT2D eigenvalue weighted by Crippen LogP contribution is 2.21. The van der Waals surface area contributed by atoms with Gasteiger partial charge in [-0.15, -0.1) is 24.8 Å². The summed E-state index contributed by atoms with van der Waals surface area (Å²) in [5.74, 6) is -0.0638. The SMILES string of the molecule is COC(CN)CC(=O)NC(C)c1ccc(-c2cccnc2)cc1.Cl.Cl. The molecule has 2 atom stereocenters. The van der Waals surface area contributed by atoms with Crippen LogP contribution in [0.4, 0.5) is 0 Å². The highest BCUT2D eigenvalue weighted by molar-refractivity contribution is 5.85. The van der Waals surface area contributed by atoms with Crippen LogP contribution < -0.4 is 11.1 Å². The number of amides is 1. The summed E-state index contributed by atoms with van der Waals surface area (Å²) >= 11 is 0. The van der Waals surface area contributed by atoms with E-state index in [4.69, 9.17) is 10.5 Å². The standard InChI is InChI=1S/C18H23N3O2.2ClH/c1-13(21-18(22)10-17(11-19)23-2)14-5-7-15(8-6-14)16-4-3-9-20-12-16;;/h3-9,12-13,17H,10-11,19H2,1-2H3,(H,21,22);2*1H. The Balaban J connectivity index is 0.00000288. The normalized spacial score (nSPS) is 12.3. The number of pyridine rings is 1. The van der Waals surface area contributed by atoms with E-state index in [9.17, 15) is 4.79 Å². The fraction of sp³-hybridized carbons (Fsp3) is 0.333. The molecule has 5 nitrogen and oxygen atoms in total. The number of halogens is 2. The summed E-state index contributed by atoms with van der Waals surface area (Å²) in [7, 11) is 1.56. The van der Waals surface area contributed by atoms with Gasteiger partial charge >= 0.3 is 0 Å². The first kappa shape index (κ1) is 23.3. The molecule has 0 saturated carbocycles. The lowest BCUT2D eigenvalue weighted by molar-refractivity contribution is -0.124. The maximum absolute atomic E-state index is 12.0. The Morgan fingerprint density at radius 3 is 2.40 bits per heavy atom. The van der Waals surface area contributed by atoms with E-state index in [1.54, 1.807) is 13.3 Å². The van der Waals surface area contributed by atoms with Gasteiger partial charge in [-0.3, -0.25) is 9.78 Å². The third-order valence-electron chi connectivity index (χ3n) is 3.79. The van der Waals surface area contributed by atoms with Crippen LogP contribution in [0.5, 0.6) is 0 Å². The number of ether oxygens (including phenoxy) is 1. The van der Waals surface area contributed by atoms with Crippen molar-refractivity contribution >= 4 is 30.7 Å². The van der Waals surface area contributed by atoms with Crippen LogP contribution in [0.25, 0.3) is 11.1 Å². The van der Waals surface area contributed by atoms with Crippen LogP contribution in [-0.4, -0.2) is 30.6 Å². The number of carbonyl (C=O) groups excluding carboxylic acids is 1. The van der Waals surface area contributed by atoms with Crippen molar-refractivity contribution in [1.82, 2.24) is 10.3 Å². The van der Waals surface area contributed by atoms with Crippen LogP contribution in [0.2, 0.25) is 0 Å². The van der Waals surface area contributed by atoms with Crippen molar-refractivity contribution in [3.05, 3.63) is 54.4 Å². The van der Waals surface area contributed by atoms with Gasteiger partial charge in [-0.25, -0.2) is 0 Å². The topological polar surface area (TPSA) is 77.2 Å². The minimum Gasteiger partial charge on any atom is -0.380 e. The summed E-state index contributed by atoms with van der Waals surface area (Å²) < 4.78 is 5.13. The van der Waals surface area contributed by atoms with Crippen molar-refractivity contribution in [3.63, 3.8) is 0 Å². The lowest BCUT2D eigenvalue weighted by Crippen LogP contribution is -2.33. The van der Waals surface area contributed by atoms with E-state index in [1.807, 2.05) is 49.5 Å². The Bertz CT molecular complexity index is 620. The summed E-state index contributed by atoms with van der Waals surface area (Å²) in [6.45, 7) is 2.29. The predicted octanol–water partition coefficient (Wildman–Crippen LogP) is 3.13. The number of nitrogens with two attached hydrogens (primary N) is 1. The highest BCUT2D eigenvalue weighted by atomic mass is 35.5. The second kappa shape index (κ2) is 11.8. The molecule has 0 bridgehead atoms. The number of hydrogen-bond donors (Lipinski definition) is 2. The molecule has 0 aliphatic carbocycles. The second-order valence-electron chi connectivity index (χ2n) is 5.45. The molecule has 138 valence electrons. The fourth-order valence-corrected chi connectivity index (χ4v) is 2.35. The van der Waals surface area contributed by atoms with E-state index in [0.717, 1.165) is 16.7 Å². The van der Waals surface area contributed by atoms with E-state index in [-0.39, 0.29) is 49.3 Å². The molecule has 2 unspecified atom stereocenters. The summed E-state index contributed by atoms with van der Waals surface area (Å²) in [5.41, 5.74) is 8.76. The Hall–Kier alpha value is -1.66. The van der Waals surface area contributed by atoms with Gasteiger partial charge in [0.2, 0.25) is 5.91 Å². The average molecular weight is 386 g/mol. The molecule has 25 heavy (non-hydrogen) atoms. The van der Waals surface area contributed by atoms with E-state index in [2.05, 4.69) is 10.3 Å². The van der Waals surface area contributed by atoms with Crippen LogP contribution in [0, 0.1) is 0 Å². The number of nitrogens with zero attached hydrogens (tertiary/aromatic N) is 1. The Morgan fingerprint density at radius 1 is 1.20 bits per heavy atom. The van der Waals surface area contributed by atoms with Gasteiger partial charge in [-0.1, -0.05) is 30.3 Å². The van der Waals surface area contributed by atoms with E-state index in [1.165, 1.54) is 0 Å². The molecule has 0 saturated heterocycles. The number of nitrogens with one attached hydrogen (secondary N) is 1. The third-order valence-corrected chi connectivity index (χ3v) is 3.79. The van der Waals surface area contributed by atoms with Gasteiger partial charge in [0.05, 0.1) is 18.6 Å². The minimum absolute atomic E-state index is 0. The number of methoxy groups -OCH3 is 1. The van der Waals surface area contributed by atoms with Gasteiger partial charge < -0.3 is 15.8 Å². The van der Waals surface area contributed by atoms with E-state index < -0.39 is 0 Å². The van der Waals surface area contributed by atoms with Crippen LogP contribution in [-0.2, 0) is 9.53 Å². The first-order valence-electron chi connectivity index (χ1n) is 7.66. The lowest BCUT2D eigenvalue weighted by atomic mass is 10.0. The van der Waals surface area contributed by atoms with E-state index >= 15 is 0 Å². The van der Waals surface area contributed by atoms with Gasteiger partial charge in [0.15, 0.2) is 0 Å². The molecule has 0 fully saturated rings. The fourth-order valence-electron chi connectivity index (χ4n) is 2.35. The molecule has 2 rings (SSSR count). The smallest absolute Gasteiger partial charge is 0.223 e. The summed E-state index contributed by atoms with van der Waals surface area (Å²) in [6, 6.07) is 12.0. The molecule has 1 aromatic heterocycles. The van der Waals surface area contributed by atoms with Crippen molar-refractivity contribution in [2.45, 2.75) is 25.5 Å². The zero-order valence-corrected chi connectivity index (χ0v) is 16.0. The molecular formula is C18H25Cl2N3O2. The van der Waals surface area contributed by atoms with Crippen molar-refractivity contribution in [3.8, 4) is 11.1 Å². The van der Waals surface area contributed by atoms with Crippen molar-refractivity contribution in [1.29, 1.82) is 0 Å². The molecule has 2 aromatic rings. The molecule has 0 aliphatic heterocycles. The van der Waals surface area contributed by atoms with Crippen LogP contribution in [0.1, 0.15) is 24.9 Å². The molecule has 0 aliphatic rings. The van der Waals surface area contributed by atoms with Gasteiger partial charge in [-0.05, 0) is 29.7 Å². The first-order valence-corrected chi connectivity index (χ1v) is 7.66. The van der Waals surface area contributed by atoms with Gasteiger partial charge in [-0.2, -0.15) is 0 Å². The van der Waals surface area contributed by atoms with Crippen molar-refractivity contribution in [2.24, 2.45) is 5.73 Å². The quantitative estimate of drug-likeness (QED) is 0.767. The van der Waals surface area contributed by atoms with Gasteiger partial charge in [0.1, 0.15) is 0 Å². The van der Waals surface area contributed by atoms with Gasteiger partial charge in [0, 0.05) is 26.0 Å². The van der Waals surface area contributed by atoms with E-state index in [0.29, 0.717) is 6.54 Å². The Labute approximate surface area is 161 Å². The minimum atomic E-state index is -0.241. The van der Waals surface area contributed by atoms with Crippen LogP contribution in [0.15, 0.2) is 48.8 Å².